The molecule has 1 heterocycles. The first-order chi connectivity index (χ1) is 15.6. The molecule has 0 aliphatic heterocycles. The monoisotopic (exact) mass is 447 g/mol. The molecule has 162 valence electrons. The van der Waals surface area contributed by atoms with Gasteiger partial charge in [-0.3, -0.25) is 9.59 Å². The first-order valence-electron chi connectivity index (χ1n) is 10.4. The highest BCUT2D eigenvalue weighted by Gasteiger charge is 2.23. The zero-order valence-corrected chi connectivity index (χ0v) is 18.3. The Morgan fingerprint density at radius 3 is 2.34 bits per heavy atom. The van der Waals surface area contributed by atoms with E-state index in [1.165, 1.54) is 0 Å². The minimum Gasteiger partial charge on any atom is -0.494 e. The van der Waals surface area contributed by atoms with Gasteiger partial charge in [-0.25, -0.2) is 0 Å². The molecule has 1 N–H and O–H groups in total. The fraction of sp³-hybridized carbons (Fsp3) is 0.154. The maximum Gasteiger partial charge on any atom is 0.255 e. The standard InChI is InChI=1S/C26H22ClNO4/c1-2-3-16-31-20-14-10-18(11-15-20)26(30)28-23-21-6-4-5-7-22(21)32-25(23)24(29)17-8-12-19(27)13-9-17/h4-15H,2-3,16H2,1H3,(H,28,30). The molecule has 1 amide bonds. The van der Waals surface area contributed by atoms with Crippen molar-refractivity contribution >= 4 is 39.9 Å². The Balaban J connectivity index is 1.62. The molecule has 6 heteroatoms. The zero-order chi connectivity index (χ0) is 22.5. The van der Waals surface area contributed by atoms with E-state index in [1.807, 2.05) is 12.1 Å². The Labute approximate surface area is 191 Å². The molecule has 0 saturated carbocycles. The van der Waals surface area contributed by atoms with E-state index in [0.29, 0.717) is 45.2 Å². The maximum atomic E-state index is 13.1. The second-order valence-corrected chi connectivity index (χ2v) is 7.76. The lowest BCUT2D eigenvalue weighted by molar-refractivity contribution is 0.101. The van der Waals surface area contributed by atoms with Gasteiger partial charge in [0.15, 0.2) is 5.76 Å². The van der Waals surface area contributed by atoms with E-state index in [2.05, 4.69) is 12.2 Å². The number of ketones is 1. The smallest absolute Gasteiger partial charge is 0.255 e. The molecule has 0 aliphatic carbocycles. The summed E-state index contributed by atoms with van der Waals surface area (Å²) in [6.45, 7) is 2.74. The molecule has 0 aliphatic rings. The van der Waals surface area contributed by atoms with E-state index in [1.54, 1.807) is 60.7 Å². The van der Waals surface area contributed by atoms with Crippen LogP contribution in [0.3, 0.4) is 0 Å². The summed E-state index contributed by atoms with van der Waals surface area (Å²) in [5.74, 6) is 0.0958. The molecule has 0 radical (unpaired) electrons. The molecule has 0 bridgehead atoms. The molecule has 0 spiro atoms. The highest BCUT2D eigenvalue weighted by Crippen LogP contribution is 2.33. The van der Waals surface area contributed by atoms with E-state index < -0.39 is 0 Å². The minimum atomic E-state index is -0.346. The summed E-state index contributed by atoms with van der Waals surface area (Å²) in [6, 6.07) is 20.6. The van der Waals surface area contributed by atoms with Crippen LogP contribution in [0.25, 0.3) is 11.0 Å². The summed E-state index contributed by atoms with van der Waals surface area (Å²) in [5.41, 5.74) is 1.72. The average Bonchev–Trinajstić information content (AvgIpc) is 3.18. The lowest BCUT2D eigenvalue weighted by atomic mass is 10.1. The lowest BCUT2D eigenvalue weighted by Crippen LogP contribution is -2.14. The number of nitrogens with one attached hydrogen (secondary N) is 1. The van der Waals surface area contributed by atoms with Gasteiger partial charge in [0.1, 0.15) is 11.3 Å². The Morgan fingerprint density at radius 2 is 1.62 bits per heavy atom. The Bertz CT molecular complexity index is 1240. The number of anilines is 1. The van der Waals surface area contributed by atoms with E-state index in [-0.39, 0.29) is 17.5 Å². The Morgan fingerprint density at radius 1 is 0.938 bits per heavy atom. The van der Waals surface area contributed by atoms with Gasteiger partial charge in [0.25, 0.3) is 5.91 Å². The number of carbonyl (C=O) groups is 2. The first kappa shape index (κ1) is 21.7. The molecular formula is C26H22ClNO4. The van der Waals surface area contributed by atoms with Crippen molar-refractivity contribution in [2.75, 3.05) is 11.9 Å². The van der Waals surface area contributed by atoms with Crippen molar-refractivity contribution in [3.63, 3.8) is 0 Å². The molecule has 0 fully saturated rings. The molecule has 0 saturated heterocycles. The third-order valence-corrected chi connectivity index (χ3v) is 5.28. The fourth-order valence-electron chi connectivity index (χ4n) is 3.28. The van der Waals surface area contributed by atoms with Crippen molar-refractivity contribution in [1.82, 2.24) is 0 Å². The summed E-state index contributed by atoms with van der Waals surface area (Å²) < 4.78 is 11.5. The van der Waals surface area contributed by atoms with Crippen molar-refractivity contribution < 1.29 is 18.7 Å². The predicted octanol–water partition coefficient (Wildman–Crippen LogP) is 6.75. The van der Waals surface area contributed by atoms with Crippen LogP contribution < -0.4 is 10.1 Å². The number of halogens is 1. The number of ether oxygens (including phenoxy) is 1. The van der Waals surface area contributed by atoms with Crippen LogP contribution in [-0.4, -0.2) is 18.3 Å². The van der Waals surface area contributed by atoms with Gasteiger partial charge in [-0.2, -0.15) is 0 Å². The largest absolute Gasteiger partial charge is 0.494 e. The summed E-state index contributed by atoms with van der Waals surface area (Å²) >= 11 is 5.94. The van der Waals surface area contributed by atoms with Crippen molar-refractivity contribution in [3.05, 3.63) is 94.7 Å². The van der Waals surface area contributed by atoms with Crippen molar-refractivity contribution in [2.24, 2.45) is 0 Å². The van der Waals surface area contributed by atoms with Gasteiger partial charge in [-0.15, -0.1) is 0 Å². The normalized spacial score (nSPS) is 10.8. The number of unbranched alkanes of at least 4 members (excludes halogenated alkanes) is 1. The van der Waals surface area contributed by atoms with E-state index in [4.69, 9.17) is 20.8 Å². The van der Waals surface area contributed by atoms with Crippen LogP contribution in [0.4, 0.5) is 5.69 Å². The van der Waals surface area contributed by atoms with Crippen molar-refractivity contribution in [2.45, 2.75) is 19.8 Å². The SMILES string of the molecule is CCCCOc1ccc(C(=O)Nc2c(C(=O)c3ccc(Cl)cc3)oc3ccccc23)cc1. The Kier molecular flexibility index (Phi) is 6.57. The molecule has 4 rings (SSSR count). The van der Waals surface area contributed by atoms with Crippen LogP contribution in [0.1, 0.15) is 46.2 Å². The molecular weight excluding hydrogens is 426 g/mol. The number of carbonyl (C=O) groups excluding carboxylic acids is 2. The maximum absolute atomic E-state index is 13.1. The van der Waals surface area contributed by atoms with Gasteiger partial charge in [0.05, 0.1) is 12.3 Å². The molecule has 4 aromatic rings. The number of benzene rings is 3. The van der Waals surface area contributed by atoms with Gasteiger partial charge in [-0.1, -0.05) is 37.1 Å². The van der Waals surface area contributed by atoms with Crippen LogP contribution in [0.15, 0.2) is 77.2 Å². The number of para-hydroxylation sites is 1. The van der Waals surface area contributed by atoms with Crippen molar-refractivity contribution in [1.29, 1.82) is 0 Å². The van der Waals surface area contributed by atoms with Gasteiger partial charge in [-0.05, 0) is 67.1 Å². The number of hydrogen-bond acceptors (Lipinski definition) is 4. The van der Waals surface area contributed by atoms with E-state index >= 15 is 0 Å². The molecule has 3 aromatic carbocycles. The van der Waals surface area contributed by atoms with Gasteiger partial charge in [0, 0.05) is 21.5 Å². The third kappa shape index (κ3) is 4.68. The second kappa shape index (κ2) is 9.71. The van der Waals surface area contributed by atoms with E-state index in [9.17, 15) is 9.59 Å². The second-order valence-electron chi connectivity index (χ2n) is 7.32. The minimum absolute atomic E-state index is 0.0707. The molecule has 5 nitrogen and oxygen atoms in total. The van der Waals surface area contributed by atoms with Crippen LogP contribution in [0, 0.1) is 0 Å². The van der Waals surface area contributed by atoms with Crippen LogP contribution in [-0.2, 0) is 0 Å². The zero-order valence-electron chi connectivity index (χ0n) is 17.6. The van der Waals surface area contributed by atoms with Crippen LogP contribution >= 0.6 is 11.6 Å². The van der Waals surface area contributed by atoms with Gasteiger partial charge in [0.2, 0.25) is 5.78 Å². The van der Waals surface area contributed by atoms with E-state index in [0.717, 1.165) is 12.8 Å². The fourth-order valence-corrected chi connectivity index (χ4v) is 3.41. The number of furan rings is 1. The number of rotatable bonds is 8. The topological polar surface area (TPSA) is 68.5 Å². The highest BCUT2D eigenvalue weighted by atomic mass is 35.5. The highest BCUT2D eigenvalue weighted by molar-refractivity contribution is 6.30. The lowest BCUT2D eigenvalue weighted by Gasteiger charge is -2.08. The number of amides is 1. The molecule has 1 aromatic heterocycles. The van der Waals surface area contributed by atoms with Gasteiger partial charge >= 0.3 is 0 Å². The number of hydrogen-bond donors (Lipinski definition) is 1. The molecule has 0 unspecified atom stereocenters. The summed E-state index contributed by atoms with van der Waals surface area (Å²) in [4.78, 5) is 26.1. The van der Waals surface area contributed by atoms with Crippen LogP contribution in [0.5, 0.6) is 5.75 Å². The van der Waals surface area contributed by atoms with Crippen molar-refractivity contribution in [3.8, 4) is 5.75 Å². The summed E-state index contributed by atoms with van der Waals surface area (Å²) in [5, 5.41) is 4.04. The summed E-state index contributed by atoms with van der Waals surface area (Å²) in [7, 11) is 0. The third-order valence-electron chi connectivity index (χ3n) is 5.03. The quantitative estimate of drug-likeness (QED) is 0.239. The average molecular weight is 448 g/mol. The summed E-state index contributed by atoms with van der Waals surface area (Å²) in [6.07, 6.45) is 2.02. The van der Waals surface area contributed by atoms with Gasteiger partial charge < -0.3 is 14.5 Å². The first-order valence-corrected chi connectivity index (χ1v) is 10.8. The molecule has 0 atom stereocenters. The number of fused-ring (bicyclic) bond motifs is 1. The predicted molar refractivity (Wildman–Crippen MR) is 126 cm³/mol. The Hall–Kier alpha value is -3.57. The van der Waals surface area contributed by atoms with Crippen LogP contribution in [0.2, 0.25) is 5.02 Å². The molecule has 32 heavy (non-hydrogen) atoms.